The smallest absolute Gasteiger partial charge is 0.119 e. The molecule has 1 N–H and O–H groups in total. The maximum atomic E-state index is 5.55. The van der Waals surface area contributed by atoms with E-state index in [1.807, 2.05) is 12.1 Å². The Balaban J connectivity index is 2.60. The molecule has 86 valence electrons. The van der Waals surface area contributed by atoms with Crippen molar-refractivity contribution in [3.8, 4) is 18.1 Å². The summed E-state index contributed by atoms with van der Waals surface area (Å²) < 4.78 is 5.55. The molecule has 2 nitrogen and oxygen atoms in total. The molecule has 1 unspecified atom stereocenters. The van der Waals surface area contributed by atoms with Gasteiger partial charge in [0.1, 0.15) is 5.75 Å². The molecule has 0 aliphatic carbocycles. The molecule has 2 heteroatoms. The van der Waals surface area contributed by atoms with Crippen LogP contribution in [0.25, 0.3) is 0 Å². The quantitative estimate of drug-likeness (QED) is 0.584. The highest BCUT2D eigenvalue weighted by Crippen LogP contribution is 2.18. The summed E-state index contributed by atoms with van der Waals surface area (Å²) in [5, 5.41) is 3.37. The molecule has 0 saturated carbocycles. The number of nitrogens with one attached hydrogen (secondary N) is 1. The van der Waals surface area contributed by atoms with Gasteiger partial charge in [-0.1, -0.05) is 19.1 Å². The monoisotopic (exact) mass is 217 g/mol. The highest BCUT2D eigenvalue weighted by atomic mass is 16.5. The lowest BCUT2D eigenvalue weighted by atomic mass is 10.1. The number of terminal acetylenes is 1. The fourth-order valence-electron chi connectivity index (χ4n) is 1.53. The van der Waals surface area contributed by atoms with E-state index in [1.54, 1.807) is 0 Å². The minimum atomic E-state index is 0.348. The third kappa shape index (κ3) is 3.96. The molecule has 0 fully saturated rings. The van der Waals surface area contributed by atoms with Gasteiger partial charge < -0.3 is 10.1 Å². The van der Waals surface area contributed by atoms with Crippen molar-refractivity contribution in [3.05, 3.63) is 29.8 Å². The molecule has 1 atom stereocenters. The predicted molar refractivity (Wildman–Crippen MR) is 67.5 cm³/mol. The van der Waals surface area contributed by atoms with E-state index in [-0.39, 0.29) is 0 Å². The molecule has 1 rings (SSSR count). The van der Waals surface area contributed by atoms with Gasteiger partial charge in [-0.15, -0.1) is 12.3 Å². The molecular weight excluding hydrogens is 198 g/mol. The first-order valence-corrected chi connectivity index (χ1v) is 5.67. The highest BCUT2D eigenvalue weighted by molar-refractivity contribution is 5.30. The van der Waals surface area contributed by atoms with Crippen molar-refractivity contribution in [1.82, 2.24) is 5.32 Å². The number of rotatable bonds is 6. The second-order valence-corrected chi connectivity index (χ2v) is 3.65. The second kappa shape index (κ2) is 6.92. The van der Waals surface area contributed by atoms with Crippen LogP contribution in [-0.2, 0) is 0 Å². The summed E-state index contributed by atoms with van der Waals surface area (Å²) in [6, 6.07) is 8.47. The van der Waals surface area contributed by atoms with E-state index in [4.69, 9.17) is 11.2 Å². The normalized spacial score (nSPS) is 11.8. The van der Waals surface area contributed by atoms with Gasteiger partial charge in [0.15, 0.2) is 0 Å². The molecule has 0 saturated heterocycles. The van der Waals surface area contributed by atoms with Crippen molar-refractivity contribution in [2.45, 2.75) is 26.3 Å². The SMILES string of the molecule is C#CCCOc1cccc(C(C)NCC)c1. The third-order valence-corrected chi connectivity index (χ3v) is 2.38. The molecule has 0 aromatic heterocycles. The van der Waals surface area contributed by atoms with Crippen molar-refractivity contribution >= 4 is 0 Å². The zero-order valence-corrected chi connectivity index (χ0v) is 9.99. The first-order valence-electron chi connectivity index (χ1n) is 5.67. The van der Waals surface area contributed by atoms with Crippen molar-refractivity contribution < 1.29 is 4.74 Å². The molecule has 0 heterocycles. The summed E-state index contributed by atoms with van der Waals surface area (Å²) in [5.74, 6) is 3.44. The lowest BCUT2D eigenvalue weighted by Crippen LogP contribution is -2.17. The Labute approximate surface area is 98.0 Å². The van der Waals surface area contributed by atoms with E-state index in [9.17, 15) is 0 Å². The van der Waals surface area contributed by atoms with Crippen LogP contribution in [0.4, 0.5) is 0 Å². The molecule has 0 bridgehead atoms. The summed E-state index contributed by atoms with van der Waals surface area (Å²) >= 11 is 0. The van der Waals surface area contributed by atoms with Crippen LogP contribution in [0.15, 0.2) is 24.3 Å². The minimum Gasteiger partial charge on any atom is -0.493 e. The number of benzene rings is 1. The third-order valence-electron chi connectivity index (χ3n) is 2.38. The van der Waals surface area contributed by atoms with Gasteiger partial charge >= 0.3 is 0 Å². The van der Waals surface area contributed by atoms with Crippen LogP contribution in [0.3, 0.4) is 0 Å². The molecular formula is C14H19NO. The van der Waals surface area contributed by atoms with Crippen LogP contribution >= 0.6 is 0 Å². The van der Waals surface area contributed by atoms with E-state index in [1.165, 1.54) is 5.56 Å². The van der Waals surface area contributed by atoms with Gasteiger partial charge in [0.2, 0.25) is 0 Å². The molecule has 0 aliphatic rings. The Morgan fingerprint density at radius 3 is 3.00 bits per heavy atom. The average Bonchev–Trinajstić information content (AvgIpc) is 2.30. The van der Waals surface area contributed by atoms with Crippen molar-refractivity contribution in [3.63, 3.8) is 0 Å². The maximum Gasteiger partial charge on any atom is 0.119 e. The van der Waals surface area contributed by atoms with Crippen LogP contribution in [0.2, 0.25) is 0 Å². The molecule has 0 aliphatic heterocycles. The van der Waals surface area contributed by atoms with E-state index in [2.05, 4.69) is 37.2 Å². The Morgan fingerprint density at radius 1 is 1.50 bits per heavy atom. The Hall–Kier alpha value is -1.46. The summed E-state index contributed by atoms with van der Waals surface area (Å²) in [6.07, 6.45) is 5.82. The van der Waals surface area contributed by atoms with Gasteiger partial charge in [0, 0.05) is 12.5 Å². The summed E-state index contributed by atoms with van der Waals surface area (Å²) in [7, 11) is 0. The highest BCUT2D eigenvalue weighted by Gasteiger charge is 2.04. The van der Waals surface area contributed by atoms with E-state index < -0.39 is 0 Å². The molecule has 0 radical (unpaired) electrons. The molecule has 1 aromatic carbocycles. The Morgan fingerprint density at radius 2 is 2.31 bits per heavy atom. The van der Waals surface area contributed by atoms with Crippen molar-refractivity contribution in [1.29, 1.82) is 0 Å². The van der Waals surface area contributed by atoms with Crippen molar-refractivity contribution in [2.75, 3.05) is 13.2 Å². The molecule has 1 aromatic rings. The Bertz CT molecular complexity index is 354. The van der Waals surface area contributed by atoms with Gasteiger partial charge in [0.05, 0.1) is 6.61 Å². The van der Waals surface area contributed by atoms with Gasteiger partial charge in [-0.2, -0.15) is 0 Å². The van der Waals surface area contributed by atoms with Crippen LogP contribution in [0.5, 0.6) is 5.75 Å². The van der Waals surface area contributed by atoms with Crippen LogP contribution < -0.4 is 10.1 Å². The summed E-state index contributed by atoms with van der Waals surface area (Å²) in [5.41, 5.74) is 1.24. The summed E-state index contributed by atoms with van der Waals surface area (Å²) in [4.78, 5) is 0. The van der Waals surface area contributed by atoms with Crippen LogP contribution in [-0.4, -0.2) is 13.2 Å². The fourth-order valence-corrected chi connectivity index (χ4v) is 1.53. The number of ether oxygens (including phenoxy) is 1. The standard InChI is InChI=1S/C14H19NO/c1-4-6-10-16-14-9-7-8-13(11-14)12(3)15-5-2/h1,7-9,11-12,15H,5-6,10H2,2-3H3. The molecule has 0 spiro atoms. The van der Waals surface area contributed by atoms with Gasteiger partial charge in [-0.25, -0.2) is 0 Å². The van der Waals surface area contributed by atoms with Crippen LogP contribution in [0, 0.1) is 12.3 Å². The van der Waals surface area contributed by atoms with Gasteiger partial charge in [-0.05, 0) is 31.2 Å². The van der Waals surface area contributed by atoms with Gasteiger partial charge in [-0.3, -0.25) is 0 Å². The average molecular weight is 217 g/mol. The second-order valence-electron chi connectivity index (χ2n) is 3.65. The lowest BCUT2D eigenvalue weighted by molar-refractivity contribution is 0.326. The Kier molecular flexibility index (Phi) is 5.45. The fraction of sp³-hybridized carbons (Fsp3) is 0.429. The van der Waals surface area contributed by atoms with Crippen molar-refractivity contribution in [2.24, 2.45) is 0 Å². The predicted octanol–water partition coefficient (Wildman–Crippen LogP) is 2.76. The number of hydrogen-bond acceptors (Lipinski definition) is 2. The zero-order valence-electron chi connectivity index (χ0n) is 9.99. The van der Waals surface area contributed by atoms with E-state index in [0.29, 0.717) is 19.1 Å². The lowest BCUT2D eigenvalue weighted by Gasteiger charge is -2.14. The van der Waals surface area contributed by atoms with Crippen LogP contribution in [0.1, 0.15) is 31.9 Å². The summed E-state index contributed by atoms with van der Waals surface area (Å²) in [6.45, 7) is 5.78. The number of hydrogen-bond donors (Lipinski definition) is 1. The first-order chi connectivity index (χ1) is 7.77. The zero-order chi connectivity index (χ0) is 11.8. The van der Waals surface area contributed by atoms with E-state index >= 15 is 0 Å². The largest absolute Gasteiger partial charge is 0.493 e. The minimum absolute atomic E-state index is 0.348. The van der Waals surface area contributed by atoms with Gasteiger partial charge in [0.25, 0.3) is 0 Å². The molecule has 0 amide bonds. The first kappa shape index (κ1) is 12.6. The van der Waals surface area contributed by atoms with E-state index in [0.717, 1.165) is 12.3 Å². The maximum absolute atomic E-state index is 5.55. The molecule has 16 heavy (non-hydrogen) atoms. The topological polar surface area (TPSA) is 21.3 Å².